The largest absolute Gasteiger partial charge is 0.203 e. The van der Waals surface area contributed by atoms with Crippen molar-refractivity contribution in [2.45, 2.75) is 64.2 Å². The van der Waals surface area contributed by atoms with Gasteiger partial charge in [-0.3, -0.25) is 0 Å². The lowest BCUT2D eigenvalue weighted by molar-refractivity contribution is 0.153. The molecule has 0 saturated heterocycles. The summed E-state index contributed by atoms with van der Waals surface area (Å²) < 4.78 is 68.5. The minimum absolute atomic E-state index is 0.0201. The summed E-state index contributed by atoms with van der Waals surface area (Å²) in [4.78, 5) is 0. The average molecular weight is 497 g/mol. The Morgan fingerprint density at radius 2 is 1.18 bits per heavy atom. The summed E-state index contributed by atoms with van der Waals surface area (Å²) >= 11 is 5.72. The van der Waals surface area contributed by atoms with Gasteiger partial charge in [0.2, 0.25) is 5.82 Å². The molecule has 6 heteroatoms. The van der Waals surface area contributed by atoms with Gasteiger partial charge in [0.1, 0.15) is 0 Å². The van der Waals surface area contributed by atoms with Crippen LogP contribution in [0.4, 0.5) is 22.0 Å². The molecule has 0 radical (unpaired) electrons. The van der Waals surface area contributed by atoms with Gasteiger partial charge in [0, 0.05) is 5.54 Å². The number of hydrogen-bond donors (Lipinski definition) is 0. The van der Waals surface area contributed by atoms with Crippen molar-refractivity contribution in [3.8, 4) is 11.1 Å². The molecule has 0 amide bonds. The van der Waals surface area contributed by atoms with E-state index in [4.69, 9.17) is 11.6 Å². The summed E-state index contributed by atoms with van der Waals surface area (Å²) in [5.74, 6) is -6.60. The van der Waals surface area contributed by atoms with E-state index in [1.54, 1.807) is 17.7 Å². The molecule has 2 saturated carbocycles. The van der Waals surface area contributed by atoms with Gasteiger partial charge in [-0.15, -0.1) is 0 Å². The van der Waals surface area contributed by atoms with Gasteiger partial charge < -0.3 is 0 Å². The van der Waals surface area contributed by atoms with E-state index in [1.165, 1.54) is 63.5 Å². The molecular formula is C28H30ClF5. The molecule has 2 aliphatic carbocycles. The molecule has 0 bridgehead atoms. The summed E-state index contributed by atoms with van der Waals surface area (Å²) in [6.45, 7) is 0. The molecule has 2 fully saturated rings. The summed E-state index contributed by atoms with van der Waals surface area (Å²) in [6, 6.07) is 6.29. The van der Waals surface area contributed by atoms with Crippen LogP contribution in [0.15, 0.2) is 35.9 Å². The second kappa shape index (κ2) is 11.2. The fourth-order valence-corrected chi connectivity index (χ4v) is 6.13. The van der Waals surface area contributed by atoms with Gasteiger partial charge in [-0.05, 0) is 86.2 Å². The first-order chi connectivity index (χ1) is 16.4. The quantitative estimate of drug-likeness (QED) is 0.212. The third kappa shape index (κ3) is 5.50. The number of allylic oxidation sites excluding steroid dienone is 1. The second-order valence-electron chi connectivity index (χ2n) is 9.95. The summed E-state index contributed by atoms with van der Waals surface area (Å²) in [6.07, 6.45) is 14.1. The first-order valence-corrected chi connectivity index (χ1v) is 12.7. The SMILES string of the molecule is Fc1c(F)c(F)c(-c2ccc(CCC3CCC([C@H]4CC[C@H](/C=C/Cl)CC4)CC3)cc2)c(F)c1F. The monoisotopic (exact) mass is 496 g/mol. The van der Waals surface area contributed by atoms with Crippen molar-refractivity contribution in [2.75, 3.05) is 0 Å². The lowest BCUT2D eigenvalue weighted by Crippen LogP contribution is -2.25. The normalized spacial score (nSPS) is 25.7. The summed E-state index contributed by atoms with van der Waals surface area (Å²) in [7, 11) is 0. The minimum atomic E-state index is -2.14. The lowest BCUT2D eigenvalue weighted by atomic mass is 9.68. The predicted molar refractivity (Wildman–Crippen MR) is 126 cm³/mol. The van der Waals surface area contributed by atoms with Crippen molar-refractivity contribution in [1.29, 1.82) is 0 Å². The van der Waals surface area contributed by atoms with Crippen LogP contribution in [0.3, 0.4) is 0 Å². The number of hydrogen-bond acceptors (Lipinski definition) is 0. The van der Waals surface area contributed by atoms with E-state index in [1.807, 2.05) is 0 Å². The first-order valence-electron chi connectivity index (χ1n) is 12.3. The Labute approximate surface area is 203 Å². The van der Waals surface area contributed by atoms with Crippen molar-refractivity contribution in [2.24, 2.45) is 23.7 Å². The highest BCUT2D eigenvalue weighted by molar-refractivity contribution is 6.25. The van der Waals surface area contributed by atoms with Gasteiger partial charge in [0.05, 0.1) is 5.56 Å². The van der Waals surface area contributed by atoms with E-state index in [0.29, 0.717) is 11.8 Å². The van der Waals surface area contributed by atoms with Crippen LogP contribution in [0, 0.1) is 52.8 Å². The Hall–Kier alpha value is -1.88. The third-order valence-corrected chi connectivity index (χ3v) is 8.16. The van der Waals surface area contributed by atoms with Gasteiger partial charge in [0.15, 0.2) is 23.3 Å². The zero-order valence-electron chi connectivity index (χ0n) is 19.1. The van der Waals surface area contributed by atoms with E-state index < -0.39 is 34.6 Å². The molecule has 0 spiro atoms. The highest BCUT2D eigenvalue weighted by atomic mass is 35.5. The smallest absolute Gasteiger partial charge is 0.200 e. The van der Waals surface area contributed by atoms with Gasteiger partial charge in [-0.2, -0.15) is 0 Å². The van der Waals surface area contributed by atoms with E-state index in [0.717, 1.165) is 30.2 Å². The highest BCUT2D eigenvalue weighted by Crippen LogP contribution is 2.42. The Bertz CT molecular complexity index is 971. The second-order valence-corrected chi connectivity index (χ2v) is 10.2. The number of aryl methyl sites for hydroxylation is 1. The molecule has 2 aromatic rings. The Balaban J connectivity index is 1.28. The Morgan fingerprint density at radius 1 is 0.676 bits per heavy atom. The molecule has 184 valence electrons. The van der Waals surface area contributed by atoms with Gasteiger partial charge in [-0.25, -0.2) is 22.0 Å². The molecule has 0 heterocycles. The molecule has 34 heavy (non-hydrogen) atoms. The zero-order valence-corrected chi connectivity index (χ0v) is 19.9. The van der Waals surface area contributed by atoms with Crippen LogP contribution < -0.4 is 0 Å². The van der Waals surface area contributed by atoms with Crippen molar-refractivity contribution < 1.29 is 22.0 Å². The molecule has 0 nitrogen and oxygen atoms in total. The molecule has 0 N–H and O–H groups in total. The summed E-state index contributed by atoms with van der Waals surface area (Å²) in [5, 5.41) is 0. The Morgan fingerprint density at radius 3 is 1.71 bits per heavy atom. The maximum Gasteiger partial charge on any atom is 0.200 e. The van der Waals surface area contributed by atoms with Crippen LogP contribution >= 0.6 is 11.6 Å². The topological polar surface area (TPSA) is 0 Å². The number of benzene rings is 2. The van der Waals surface area contributed by atoms with Crippen molar-refractivity contribution in [3.63, 3.8) is 0 Å². The van der Waals surface area contributed by atoms with Crippen LogP contribution in [0.2, 0.25) is 0 Å². The molecule has 2 aliphatic rings. The van der Waals surface area contributed by atoms with Crippen molar-refractivity contribution in [3.05, 3.63) is 70.5 Å². The maximum absolute atomic E-state index is 14.1. The van der Waals surface area contributed by atoms with Crippen LogP contribution in [0.1, 0.15) is 63.4 Å². The van der Waals surface area contributed by atoms with Crippen LogP contribution in [0.5, 0.6) is 0 Å². The minimum Gasteiger partial charge on any atom is -0.203 e. The fourth-order valence-electron chi connectivity index (χ4n) is 5.93. The van der Waals surface area contributed by atoms with Crippen LogP contribution in [0.25, 0.3) is 11.1 Å². The van der Waals surface area contributed by atoms with Crippen LogP contribution in [-0.2, 0) is 6.42 Å². The van der Waals surface area contributed by atoms with E-state index in [2.05, 4.69) is 6.08 Å². The maximum atomic E-state index is 14.1. The molecule has 0 unspecified atom stereocenters. The number of halogens is 6. The van der Waals surface area contributed by atoms with E-state index >= 15 is 0 Å². The summed E-state index contributed by atoms with van der Waals surface area (Å²) in [5.41, 5.74) is 1.76. The molecule has 2 aromatic carbocycles. The fraction of sp³-hybridized carbons (Fsp3) is 0.500. The third-order valence-electron chi connectivity index (χ3n) is 8.01. The van der Waals surface area contributed by atoms with Crippen molar-refractivity contribution >= 4 is 11.6 Å². The highest BCUT2D eigenvalue weighted by Gasteiger charge is 2.30. The van der Waals surface area contributed by atoms with Crippen LogP contribution in [-0.4, -0.2) is 0 Å². The molecule has 0 aromatic heterocycles. The molecular weight excluding hydrogens is 467 g/mol. The zero-order chi connectivity index (χ0) is 24.2. The Kier molecular flexibility index (Phi) is 8.34. The van der Waals surface area contributed by atoms with E-state index in [-0.39, 0.29) is 5.56 Å². The van der Waals surface area contributed by atoms with Gasteiger partial charge in [0.25, 0.3) is 0 Å². The van der Waals surface area contributed by atoms with Gasteiger partial charge >= 0.3 is 0 Å². The molecule has 0 atom stereocenters. The lowest BCUT2D eigenvalue weighted by Gasteiger charge is -2.37. The predicted octanol–water partition coefficient (Wildman–Crippen LogP) is 9.35. The average Bonchev–Trinajstić information content (AvgIpc) is 2.87. The molecule has 0 aliphatic heterocycles. The van der Waals surface area contributed by atoms with Crippen molar-refractivity contribution in [1.82, 2.24) is 0 Å². The van der Waals surface area contributed by atoms with Gasteiger partial charge in [-0.1, -0.05) is 54.8 Å². The number of rotatable bonds is 6. The standard InChI is InChI=1S/C28H30ClF5/c29-16-15-19-5-11-21(12-6-19)20-9-3-17(4-10-20)1-2-18-7-13-22(14-8-18)23-24(30)26(32)28(34)27(33)25(23)31/h7-8,13-17,19-21H,1-6,9-12H2/b16-15+/t17?,19-,20?,21-. The van der Waals surface area contributed by atoms with E-state index in [9.17, 15) is 22.0 Å². The first kappa shape index (κ1) is 25.2. The molecule has 4 rings (SSSR count).